The van der Waals surface area contributed by atoms with Crippen molar-refractivity contribution in [2.45, 2.75) is 19.3 Å². The van der Waals surface area contributed by atoms with Gasteiger partial charge in [-0.1, -0.05) is 6.42 Å². The number of unbranched alkanes of at least 4 members (excludes halogenated alkanes) is 2. The summed E-state index contributed by atoms with van der Waals surface area (Å²) in [5.74, 6) is 0.918. The van der Waals surface area contributed by atoms with Gasteiger partial charge in [0.2, 0.25) is 0 Å². The van der Waals surface area contributed by atoms with E-state index < -0.39 is 0 Å². The number of aromatic amines is 1. The lowest BCUT2D eigenvalue weighted by atomic mass is 10.2. The van der Waals surface area contributed by atoms with Crippen LogP contribution in [0.4, 0.5) is 0 Å². The first-order valence-electron chi connectivity index (χ1n) is 5.57. The molecule has 0 aliphatic carbocycles. The fourth-order valence-electron chi connectivity index (χ4n) is 1.31. The van der Waals surface area contributed by atoms with Gasteiger partial charge in [0, 0.05) is 12.6 Å². The summed E-state index contributed by atoms with van der Waals surface area (Å²) >= 11 is 1.83. The summed E-state index contributed by atoms with van der Waals surface area (Å²) in [6.07, 6.45) is 5.34. The molecule has 0 unspecified atom stereocenters. The number of hydrogen-bond donors (Lipinski definition) is 2. The van der Waals surface area contributed by atoms with Crippen LogP contribution in [-0.4, -0.2) is 34.7 Å². The van der Waals surface area contributed by atoms with E-state index in [1.165, 1.54) is 18.6 Å². The molecule has 0 aliphatic rings. The van der Waals surface area contributed by atoms with Crippen LogP contribution in [0.1, 0.15) is 29.8 Å². The monoisotopic (exact) mass is 255 g/mol. The van der Waals surface area contributed by atoms with E-state index in [1.807, 2.05) is 11.8 Å². The van der Waals surface area contributed by atoms with Gasteiger partial charge in [-0.05, 0) is 30.9 Å². The minimum Gasteiger partial charge on any atom is -0.351 e. The van der Waals surface area contributed by atoms with Crippen LogP contribution in [0.2, 0.25) is 0 Å². The van der Waals surface area contributed by atoms with Gasteiger partial charge in [-0.3, -0.25) is 9.59 Å². The number of aromatic nitrogens is 2. The van der Waals surface area contributed by atoms with Crippen LogP contribution in [0.25, 0.3) is 0 Å². The molecule has 0 saturated heterocycles. The van der Waals surface area contributed by atoms with Crippen molar-refractivity contribution in [1.82, 2.24) is 15.5 Å². The van der Waals surface area contributed by atoms with Gasteiger partial charge in [-0.2, -0.15) is 16.9 Å². The van der Waals surface area contributed by atoms with Crippen LogP contribution >= 0.6 is 11.8 Å². The molecule has 6 heteroatoms. The summed E-state index contributed by atoms with van der Waals surface area (Å²) in [6.45, 7) is 0.647. The Morgan fingerprint density at radius 3 is 2.88 bits per heavy atom. The Labute approximate surface area is 104 Å². The molecule has 0 fully saturated rings. The van der Waals surface area contributed by atoms with E-state index in [4.69, 9.17) is 0 Å². The van der Waals surface area contributed by atoms with Crippen LogP contribution < -0.4 is 10.9 Å². The largest absolute Gasteiger partial charge is 0.351 e. The first kappa shape index (κ1) is 13.8. The third-order valence-corrected chi connectivity index (χ3v) is 2.92. The Hall–Kier alpha value is -1.30. The minimum absolute atomic E-state index is 0.244. The fraction of sp³-hybridized carbons (Fsp3) is 0.545. The molecule has 1 amide bonds. The SMILES string of the molecule is CSCCCCCNC(=O)c1ccc(=O)[nH]n1. The zero-order valence-corrected chi connectivity index (χ0v) is 10.7. The fourth-order valence-corrected chi connectivity index (χ4v) is 1.80. The Balaban J connectivity index is 2.21. The van der Waals surface area contributed by atoms with Crippen molar-refractivity contribution in [2.75, 3.05) is 18.6 Å². The van der Waals surface area contributed by atoms with Crippen LogP contribution in [-0.2, 0) is 0 Å². The molecule has 2 N–H and O–H groups in total. The number of amides is 1. The maximum Gasteiger partial charge on any atom is 0.271 e. The molecular formula is C11H17N3O2S. The highest BCUT2D eigenvalue weighted by molar-refractivity contribution is 7.98. The molecule has 0 radical (unpaired) electrons. The van der Waals surface area contributed by atoms with Gasteiger partial charge in [-0.15, -0.1) is 0 Å². The highest BCUT2D eigenvalue weighted by atomic mass is 32.2. The number of nitrogens with one attached hydrogen (secondary N) is 2. The second-order valence-electron chi connectivity index (χ2n) is 3.62. The Bertz CT molecular complexity index is 385. The highest BCUT2D eigenvalue weighted by Crippen LogP contribution is 2.01. The maximum atomic E-state index is 11.5. The number of rotatable bonds is 7. The summed E-state index contributed by atoms with van der Waals surface area (Å²) in [4.78, 5) is 22.3. The Morgan fingerprint density at radius 2 is 2.24 bits per heavy atom. The average Bonchev–Trinajstić information content (AvgIpc) is 2.34. The van der Waals surface area contributed by atoms with Crippen LogP contribution in [0.3, 0.4) is 0 Å². The first-order chi connectivity index (χ1) is 8.24. The van der Waals surface area contributed by atoms with E-state index in [1.54, 1.807) is 0 Å². The lowest BCUT2D eigenvalue weighted by Gasteiger charge is -2.03. The van der Waals surface area contributed by atoms with Crippen molar-refractivity contribution in [3.8, 4) is 0 Å². The van der Waals surface area contributed by atoms with E-state index in [2.05, 4.69) is 21.8 Å². The molecular weight excluding hydrogens is 238 g/mol. The average molecular weight is 255 g/mol. The summed E-state index contributed by atoms with van der Waals surface area (Å²) in [5.41, 5.74) is -0.0627. The van der Waals surface area contributed by atoms with Crippen molar-refractivity contribution < 1.29 is 4.79 Å². The number of H-pyrrole nitrogens is 1. The summed E-state index contributed by atoms with van der Waals surface area (Å²) in [7, 11) is 0. The normalized spacial score (nSPS) is 10.2. The van der Waals surface area contributed by atoms with Gasteiger partial charge in [-0.25, -0.2) is 5.10 Å². The quantitative estimate of drug-likeness (QED) is 0.714. The Kier molecular flexibility index (Phi) is 6.39. The number of nitrogens with zero attached hydrogens (tertiary/aromatic N) is 1. The van der Waals surface area contributed by atoms with Gasteiger partial charge >= 0.3 is 0 Å². The first-order valence-corrected chi connectivity index (χ1v) is 6.96. The molecule has 1 aromatic heterocycles. The van der Waals surface area contributed by atoms with E-state index >= 15 is 0 Å². The number of carbonyl (C=O) groups excluding carboxylic acids is 1. The third-order valence-electron chi connectivity index (χ3n) is 2.22. The molecule has 1 rings (SSSR count). The molecule has 0 spiro atoms. The molecule has 94 valence electrons. The summed E-state index contributed by atoms with van der Waals surface area (Å²) in [5, 5.41) is 8.65. The van der Waals surface area contributed by atoms with Crippen LogP contribution in [0.5, 0.6) is 0 Å². The summed E-state index contributed by atoms with van der Waals surface area (Å²) in [6, 6.07) is 2.71. The summed E-state index contributed by atoms with van der Waals surface area (Å²) < 4.78 is 0. The molecule has 1 heterocycles. The lowest BCUT2D eigenvalue weighted by Crippen LogP contribution is -2.26. The van der Waals surface area contributed by atoms with Gasteiger partial charge < -0.3 is 5.32 Å². The van der Waals surface area contributed by atoms with Crippen LogP contribution in [0.15, 0.2) is 16.9 Å². The number of carbonyl (C=O) groups is 1. The predicted molar refractivity (Wildman–Crippen MR) is 69.4 cm³/mol. The van der Waals surface area contributed by atoms with E-state index in [-0.39, 0.29) is 17.2 Å². The smallest absolute Gasteiger partial charge is 0.271 e. The molecule has 0 aromatic carbocycles. The zero-order valence-electron chi connectivity index (χ0n) is 9.86. The predicted octanol–water partition coefficient (Wildman–Crippen LogP) is 1.03. The lowest BCUT2D eigenvalue weighted by molar-refractivity contribution is 0.0947. The molecule has 0 aliphatic heterocycles. The standard InChI is InChI=1S/C11H17N3O2S/c1-17-8-4-2-3-7-12-11(16)9-5-6-10(15)14-13-9/h5-6H,2-4,7-8H2,1H3,(H,12,16)(H,14,15). The van der Waals surface area contributed by atoms with Crippen LogP contribution in [0, 0.1) is 0 Å². The molecule has 0 atom stereocenters. The molecule has 17 heavy (non-hydrogen) atoms. The van der Waals surface area contributed by atoms with Gasteiger partial charge in [0.25, 0.3) is 11.5 Å². The van der Waals surface area contributed by atoms with E-state index in [9.17, 15) is 9.59 Å². The van der Waals surface area contributed by atoms with Gasteiger partial charge in [0.1, 0.15) is 5.69 Å². The van der Waals surface area contributed by atoms with Crippen molar-refractivity contribution >= 4 is 17.7 Å². The zero-order chi connectivity index (χ0) is 12.5. The molecule has 5 nitrogen and oxygen atoms in total. The minimum atomic E-state index is -0.307. The van der Waals surface area contributed by atoms with Gasteiger partial charge in [0.15, 0.2) is 0 Å². The second-order valence-corrected chi connectivity index (χ2v) is 4.60. The molecule has 1 aromatic rings. The van der Waals surface area contributed by atoms with Crippen molar-refractivity contribution in [3.63, 3.8) is 0 Å². The molecule has 0 bridgehead atoms. The van der Waals surface area contributed by atoms with E-state index in [0.717, 1.165) is 18.6 Å². The second kappa shape index (κ2) is 7.89. The number of thioether (sulfide) groups is 1. The van der Waals surface area contributed by atoms with E-state index in [0.29, 0.717) is 6.54 Å². The third kappa shape index (κ3) is 5.53. The molecule has 0 saturated carbocycles. The number of hydrogen-bond acceptors (Lipinski definition) is 4. The van der Waals surface area contributed by atoms with Crippen molar-refractivity contribution in [3.05, 3.63) is 28.2 Å². The Morgan fingerprint density at radius 1 is 1.41 bits per heavy atom. The van der Waals surface area contributed by atoms with Crippen molar-refractivity contribution in [2.24, 2.45) is 0 Å². The maximum absolute atomic E-state index is 11.5. The van der Waals surface area contributed by atoms with Crippen molar-refractivity contribution in [1.29, 1.82) is 0 Å². The topological polar surface area (TPSA) is 74.8 Å². The highest BCUT2D eigenvalue weighted by Gasteiger charge is 2.05. The van der Waals surface area contributed by atoms with Gasteiger partial charge in [0.05, 0.1) is 0 Å².